The van der Waals surface area contributed by atoms with Crippen molar-refractivity contribution in [2.75, 3.05) is 0 Å². The van der Waals surface area contributed by atoms with E-state index >= 15 is 0 Å². The highest BCUT2D eigenvalue weighted by Crippen LogP contribution is 2.39. The number of rotatable bonds is 4. The number of fused-ring (bicyclic) bond motifs is 7. The van der Waals surface area contributed by atoms with Crippen molar-refractivity contribution in [3.05, 3.63) is 164 Å². The van der Waals surface area contributed by atoms with Crippen LogP contribution in [0.25, 0.3) is 88.8 Å². The number of hydrogen-bond acceptors (Lipinski definition) is 3. The quantitative estimate of drug-likeness (QED) is 0.198. The Balaban J connectivity index is 1.32. The minimum atomic E-state index is 0.585. The van der Waals surface area contributed by atoms with Gasteiger partial charge >= 0.3 is 0 Å². The summed E-state index contributed by atoms with van der Waals surface area (Å²) in [4.78, 5) is 15.2. The molecule has 0 saturated heterocycles. The van der Waals surface area contributed by atoms with E-state index in [0.717, 1.165) is 44.1 Å². The molecule has 0 spiro atoms. The average Bonchev–Trinajstić information content (AvgIpc) is 3.66. The van der Waals surface area contributed by atoms with Crippen molar-refractivity contribution in [2.45, 2.75) is 0 Å². The first-order chi connectivity index (χ1) is 23.8. The summed E-state index contributed by atoms with van der Waals surface area (Å²) < 4.78 is 4.59. The number of nitrogens with zero attached hydrogens (tertiary/aromatic N) is 5. The van der Waals surface area contributed by atoms with E-state index in [2.05, 4.69) is 112 Å². The SMILES string of the molecule is c1ccc(-c2nc(-c3ccccc3)nc(-n3c4ccccc4c4cc5c6ccccc6n(-c6ccc7ccccc7c6)c5cc43)n2)cc1. The highest BCUT2D eigenvalue weighted by molar-refractivity contribution is 6.19. The lowest BCUT2D eigenvalue weighted by Gasteiger charge is -2.12. The molecular formula is C43H27N5. The fraction of sp³-hybridized carbons (Fsp3) is 0. The largest absolute Gasteiger partial charge is 0.309 e. The van der Waals surface area contributed by atoms with Crippen molar-refractivity contribution in [1.29, 1.82) is 0 Å². The van der Waals surface area contributed by atoms with Crippen LogP contribution in [-0.2, 0) is 0 Å². The highest BCUT2D eigenvalue weighted by Gasteiger charge is 2.21. The summed E-state index contributed by atoms with van der Waals surface area (Å²) in [5.74, 6) is 1.86. The zero-order chi connectivity index (χ0) is 31.6. The molecule has 0 amide bonds. The fourth-order valence-corrected chi connectivity index (χ4v) is 7.14. The van der Waals surface area contributed by atoms with Gasteiger partial charge in [0.2, 0.25) is 5.95 Å². The second-order valence-electron chi connectivity index (χ2n) is 12.1. The summed E-state index contributed by atoms with van der Waals surface area (Å²) in [7, 11) is 0. The highest BCUT2D eigenvalue weighted by atomic mass is 15.2. The lowest BCUT2D eigenvalue weighted by Crippen LogP contribution is -2.06. The van der Waals surface area contributed by atoms with Gasteiger partial charge in [-0.3, -0.25) is 4.57 Å². The molecule has 0 radical (unpaired) electrons. The summed E-state index contributed by atoms with van der Waals surface area (Å²) in [6.45, 7) is 0. The van der Waals surface area contributed by atoms with Crippen LogP contribution < -0.4 is 0 Å². The Kier molecular flexibility index (Phi) is 5.81. The number of para-hydroxylation sites is 2. The molecule has 0 fully saturated rings. The zero-order valence-corrected chi connectivity index (χ0v) is 25.8. The molecule has 0 bridgehead atoms. The zero-order valence-electron chi connectivity index (χ0n) is 25.8. The van der Waals surface area contributed by atoms with E-state index in [1.54, 1.807) is 0 Å². The first-order valence-electron chi connectivity index (χ1n) is 16.1. The maximum atomic E-state index is 5.14. The van der Waals surface area contributed by atoms with Crippen LogP contribution in [0.5, 0.6) is 0 Å². The van der Waals surface area contributed by atoms with Crippen molar-refractivity contribution in [1.82, 2.24) is 24.1 Å². The molecule has 0 atom stereocenters. The molecule has 10 aromatic rings. The number of hydrogen-bond donors (Lipinski definition) is 0. The van der Waals surface area contributed by atoms with Gasteiger partial charge < -0.3 is 4.57 Å². The van der Waals surface area contributed by atoms with Crippen molar-refractivity contribution >= 4 is 54.4 Å². The van der Waals surface area contributed by atoms with Crippen LogP contribution in [0.15, 0.2) is 164 Å². The Morgan fingerprint density at radius 2 is 0.854 bits per heavy atom. The Hall–Kier alpha value is -6.59. The topological polar surface area (TPSA) is 48.5 Å². The van der Waals surface area contributed by atoms with Crippen LogP contribution >= 0.6 is 0 Å². The molecule has 3 heterocycles. The van der Waals surface area contributed by atoms with Crippen molar-refractivity contribution in [3.8, 4) is 34.4 Å². The predicted octanol–water partition coefficient (Wildman–Crippen LogP) is 10.6. The second kappa shape index (κ2) is 10.5. The van der Waals surface area contributed by atoms with Crippen molar-refractivity contribution in [2.24, 2.45) is 0 Å². The lowest BCUT2D eigenvalue weighted by atomic mass is 10.1. The molecule has 0 aliphatic rings. The van der Waals surface area contributed by atoms with Crippen LogP contribution in [0.2, 0.25) is 0 Å². The van der Waals surface area contributed by atoms with Crippen LogP contribution in [0.3, 0.4) is 0 Å². The van der Waals surface area contributed by atoms with E-state index in [-0.39, 0.29) is 0 Å². The van der Waals surface area contributed by atoms with Gasteiger partial charge in [0.15, 0.2) is 11.6 Å². The molecule has 0 aliphatic carbocycles. The maximum absolute atomic E-state index is 5.14. The van der Waals surface area contributed by atoms with E-state index in [0.29, 0.717) is 17.6 Å². The predicted molar refractivity (Wildman–Crippen MR) is 197 cm³/mol. The molecule has 224 valence electrons. The fourth-order valence-electron chi connectivity index (χ4n) is 7.14. The Bertz CT molecular complexity index is 2770. The van der Waals surface area contributed by atoms with Gasteiger partial charge in [0.25, 0.3) is 0 Å². The summed E-state index contributed by atoms with van der Waals surface area (Å²) in [5, 5.41) is 7.17. The molecule has 3 aromatic heterocycles. The van der Waals surface area contributed by atoms with E-state index in [9.17, 15) is 0 Å². The molecule has 5 nitrogen and oxygen atoms in total. The van der Waals surface area contributed by atoms with Crippen LogP contribution in [-0.4, -0.2) is 24.1 Å². The van der Waals surface area contributed by atoms with Gasteiger partial charge in [-0.25, -0.2) is 4.98 Å². The molecule has 0 saturated carbocycles. The van der Waals surface area contributed by atoms with E-state index in [1.807, 2.05) is 60.7 Å². The molecule has 7 aromatic carbocycles. The number of aromatic nitrogens is 5. The second-order valence-corrected chi connectivity index (χ2v) is 12.1. The molecular weight excluding hydrogens is 587 g/mol. The van der Waals surface area contributed by atoms with Gasteiger partial charge in [0.05, 0.1) is 22.1 Å². The van der Waals surface area contributed by atoms with Crippen molar-refractivity contribution in [3.63, 3.8) is 0 Å². The van der Waals surface area contributed by atoms with Gasteiger partial charge in [-0.15, -0.1) is 0 Å². The minimum Gasteiger partial charge on any atom is -0.309 e. The van der Waals surface area contributed by atoms with E-state index in [1.165, 1.54) is 27.1 Å². The summed E-state index contributed by atoms with van der Waals surface area (Å²) in [5.41, 5.74) is 7.40. The molecule has 0 unspecified atom stereocenters. The van der Waals surface area contributed by atoms with Gasteiger partial charge in [0, 0.05) is 38.4 Å². The van der Waals surface area contributed by atoms with Gasteiger partial charge in [-0.1, -0.05) is 127 Å². The molecule has 48 heavy (non-hydrogen) atoms. The van der Waals surface area contributed by atoms with E-state index < -0.39 is 0 Å². The normalized spacial score (nSPS) is 11.8. The standard InChI is InChI=1S/C43H27N5/c1-3-14-29(15-4-1)41-44-42(30-16-5-2-6-17-30)46-43(45-41)48-38-22-12-10-20-34(38)36-26-35-33-19-9-11-21-37(33)47(39(35)27-40(36)48)32-24-23-28-13-7-8-18-31(28)25-32/h1-27H. The molecule has 0 N–H and O–H groups in total. The third-order valence-corrected chi connectivity index (χ3v) is 9.34. The summed E-state index contributed by atoms with van der Waals surface area (Å²) in [6, 6.07) is 57.4. The average molecular weight is 614 g/mol. The third kappa shape index (κ3) is 4.08. The molecule has 0 aliphatic heterocycles. The van der Waals surface area contributed by atoms with Crippen LogP contribution in [0.1, 0.15) is 0 Å². The lowest BCUT2D eigenvalue weighted by molar-refractivity contribution is 0.953. The van der Waals surface area contributed by atoms with Gasteiger partial charge in [-0.05, 0) is 47.2 Å². The number of benzene rings is 7. The van der Waals surface area contributed by atoms with Crippen molar-refractivity contribution < 1.29 is 0 Å². The Labute approximate surface area is 276 Å². The molecule has 5 heteroatoms. The Morgan fingerprint density at radius 3 is 1.50 bits per heavy atom. The summed E-state index contributed by atoms with van der Waals surface area (Å²) >= 11 is 0. The van der Waals surface area contributed by atoms with Gasteiger partial charge in [0.1, 0.15) is 0 Å². The third-order valence-electron chi connectivity index (χ3n) is 9.34. The smallest absolute Gasteiger partial charge is 0.238 e. The first kappa shape index (κ1) is 26.6. The van der Waals surface area contributed by atoms with Crippen LogP contribution in [0, 0.1) is 0 Å². The monoisotopic (exact) mass is 613 g/mol. The Morgan fingerprint density at radius 1 is 0.333 bits per heavy atom. The molecule has 10 rings (SSSR count). The van der Waals surface area contributed by atoms with E-state index in [4.69, 9.17) is 15.0 Å². The van der Waals surface area contributed by atoms with Gasteiger partial charge in [-0.2, -0.15) is 9.97 Å². The minimum absolute atomic E-state index is 0.585. The van der Waals surface area contributed by atoms with Crippen LogP contribution in [0.4, 0.5) is 0 Å². The maximum Gasteiger partial charge on any atom is 0.238 e. The first-order valence-corrected chi connectivity index (χ1v) is 16.1. The summed E-state index contributed by atoms with van der Waals surface area (Å²) in [6.07, 6.45) is 0.